The largest absolute Gasteiger partial charge is 0.334 e. The van der Waals surface area contributed by atoms with Crippen LogP contribution in [0.4, 0.5) is 0 Å². The highest BCUT2D eigenvalue weighted by Crippen LogP contribution is 2.40. The number of carbonyl (C=O) groups is 1. The highest BCUT2D eigenvalue weighted by atomic mass is 16.2. The molecule has 4 heteroatoms. The molecule has 2 heterocycles. The number of rotatable bonds is 0. The van der Waals surface area contributed by atoms with E-state index in [1.165, 1.54) is 38.5 Å². The maximum absolute atomic E-state index is 12.1. The highest BCUT2D eigenvalue weighted by Gasteiger charge is 2.45. The van der Waals surface area contributed by atoms with Gasteiger partial charge in [0.2, 0.25) is 5.91 Å². The summed E-state index contributed by atoms with van der Waals surface area (Å²) in [5.74, 6) is 1.19. The SMILES string of the molecule is CC.CC.CN1CC(=O)N2C(C[C@@H]3CCCCC[C@H]32)C1.[B]. The Morgan fingerprint density at radius 1 is 1.00 bits per heavy atom. The van der Waals surface area contributed by atoms with Crippen LogP contribution in [0, 0.1) is 5.92 Å². The van der Waals surface area contributed by atoms with Crippen molar-refractivity contribution in [3.63, 3.8) is 0 Å². The van der Waals surface area contributed by atoms with E-state index in [0.29, 0.717) is 24.5 Å². The van der Waals surface area contributed by atoms with Gasteiger partial charge in [0.1, 0.15) is 0 Å². The average molecular weight is 293 g/mol. The van der Waals surface area contributed by atoms with Crippen LogP contribution in [0.5, 0.6) is 0 Å². The van der Waals surface area contributed by atoms with Gasteiger partial charge in [0.15, 0.2) is 0 Å². The third kappa shape index (κ3) is 4.74. The minimum atomic E-state index is 0. The Bertz CT molecular complexity index is 299. The molecule has 0 bridgehead atoms. The fourth-order valence-corrected chi connectivity index (χ4v) is 4.03. The lowest BCUT2D eigenvalue weighted by Gasteiger charge is -2.38. The van der Waals surface area contributed by atoms with Crippen LogP contribution in [0.2, 0.25) is 0 Å². The van der Waals surface area contributed by atoms with Crippen LogP contribution < -0.4 is 0 Å². The molecule has 2 aliphatic heterocycles. The molecule has 0 spiro atoms. The summed E-state index contributed by atoms with van der Waals surface area (Å²) in [5.41, 5.74) is 0. The van der Waals surface area contributed by atoms with E-state index in [4.69, 9.17) is 0 Å². The molecule has 0 N–H and O–H groups in total. The third-order valence-corrected chi connectivity index (χ3v) is 4.66. The number of fused-ring (bicyclic) bond motifs is 3. The molecule has 3 nitrogen and oxygen atoms in total. The Labute approximate surface area is 134 Å². The second-order valence-corrected chi connectivity index (χ2v) is 5.85. The van der Waals surface area contributed by atoms with Crippen LogP contribution in [-0.4, -0.2) is 56.3 Å². The number of likely N-dealkylation sites (N-methyl/N-ethyl adjacent to an activating group) is 1. The van der Waals surface area contributed by atoms with E-state index < -0.39 is 0 Å². The number of amides is 1. The smallest absolute Gasteiger partial charge is 0.237 e. The molecular weight excluding hydrogens is 259 g/mol. The first-order valence-electron chi connectivity index (χ1n) is 8.75. The fraction of sp³-hybridized carbons (Fsp3) is 0.941. The van der Waals surface area contributed by atoms with E-state index in [0.717, 1.165) is 12.5 Å². The molecule has 2 saturated heterocycles. The number of hydrogen-bond donors (Lipinski definition) is 0. The standard InChI is InChI=1S/C13H22N2O.2C2H6.B/c1-14-8-11-7-10-5-3-2-4-6-12(10)15(11)13(16)9-14;2*1-2;/h10-12H,2-9H2,1H3;2*1-2H3;/t10-,11?,12+;;;/m0.../s1. The first-order chi connectivity index (χ1) is 9.75. The Morgan fingerprint density at radius 3 is 2.29 bits per heavy atom. The van der Waals surface area contributed by atoms with Crippen LogP contribution in [0.3, 0.4) is 0 Å². The first-order valence-corrected chi connectivity index (χ1v) is 8.75. The van der Waals surface area contributed by atoms with Gasteiger partial charge in [-0.25, -0.2) is 0 Å². The van der Waals surface area contributed by atoms with Gasteiger partial charge >= 0.3 is 0 Å². The molecule has 1 amide bonds. The molecule has 3 rings (SSSR count). The molecule has 0 aromatic heterocycles. The van der Waals surface area contributed by atoms with Gasteiger partial charge in [-0.1, -0.05) is 47.0 Å². The van der Waals surface area contributed by atoms with E-state index in [2.05, 4.69) is 16.8 Å². The van der Waals surface area contributed by atoms with Crippen molar-refractivity contribution in [1.82, 2.24) is 9.80 Å². The minimum Gasteiger partial charge on any atom is -0.334 e. The number of carbonyl (C=O) groups excluding carboxylic acids is 1. The zero-order chi connectivity index (χ0) is 15.1. The zero-order valence-corrected chi connectivity index (χ0v) is 14.8. The van der Waals surface area contributed by atoms with E-state index in [1.807, 2.05) is 27.7 Å². The van der Waals surface area contributed by atoms with Gasteiger partial charge in [0.25, 0.3) is 0 Å². The normalized spacial score (nSPS) is 31.4. The average Bonchev–Trinajstić information content (AvgIpc) is 2.66. The van der Waals surface area contributed by atoms with Crippen LogP contribution in [0.15, 0.2) is 0 Å². The number of nitrogens with zero attached hydrogens (tertiary/aromatic N) is 2. The second-order valence-electron chi connectivity index (χ2n) is 5.85. The molecule has 21 heavy (non-hydrogen) atoms. The van der Waals surface area contributed by atoms with Crippen molar-refractivity contribution < 1.29 is 4.79 Å². The third-order valence-electron chi connectivity index (χ3n) is 4.66. The predicted octanol–water partition coefficient (Wildman–Crippen LogP) is 3.15. The molecule has 121 valence electrons. The summed E-state index contributed by atoms with van der Waals surface area (Å²) in [7, 11) is 2.07. The lowest BCUT2D eigenvalue weighted by Crippen LogP contribution is -2.55. The Morgan fingerprint density at radius 2 is 1.62 bits per heavy atom. The van der Waals surface area contributed by atoms with Crippen molar-refractivity contribution in [2.75, 3.05) is 20.1 Å². The monoisotopic (exact) mass is 293 g/mol. The fourth-order valence-electron chi connectivity index (χ4n) is 4.03. The van der Waals surface area contributed by atoms with Gasteiger partial charge in [-0.15, -0.1) is 0 Å². The van der Waals surface area contributed by atoms with Crippen molar-refractivity contribution in [3.8, 4) is 0 Å². The van der Waals surface area contributed by atoms with E-state index >= 15 is 0 Å². The highest BCUT2D eigenvalue weighted by molar-refractivity contribution is 5.80. The molecule has 3 atom stereocenters. The van der Waals surface area contributed by atoms with Crippen LogP contribution >= 0.6 is 0 Å². The summed E-state index contributed by atoms with van der Waals surface area (Å²) >= 11 is 0. The van der Waals surface area contributed by atoms with Gasteiger partial charge in [-0.3, -0.25) is 9.69 Å². The topological polar surface area (TPSA) is 23.6 Å². The predicted molar refractivity (Wildman–Crippen MR) is 91.6 cm³/mol. The van der Waals surface area contributed by atoms with E-state index in [-0.39, 0.29) is 8.41 Å². The summed E-state index contributed by atoms with van der Waals surface area (Å²) in [6.07, 6.45) is 7.96. The number of hydrogen-bond acceptors (Lipinski definition) is 2. The van der Waals surface area contributed by atoms with Crippen molar-refractivity contribution in [2.45, 2.75) is 78.3 Å². The summed E-state index contributed by atoms with van der Waals surface area (Å²) in [6.45, 7) is 9.73. The van der Waals surface area contributed by atoms with E-state index in [9.17, 15) is 4.79 Å². The van der Waals surface area contributed by atoms with Crippen molar-refractivity contribution >= 4 is 14.3 Å². The van der Waals surface area contributed by atoms with Gasteiger partial charge in [-0.05, 0) is 32.2 Å². The van der Waals surface area contributed by atoms with Crippen LogP contribution in [0.1, 0.15) is 66.2 Å². The maximum Gasteiger partial charge on any atom is 0.237 e. The lowest BCUT2D eigenvalue weighted by atomic mass is 9.94. The molecule has 1 saturated carbocycles. The van der Waals surface area contributed by atoms with Crippen molar-refractivity contribution in [3.05, 3.63) is 0 Å². The second kappa shape index (κ2) is 10.3. The lowest BCUT2D eigenvalue weighted by molar-refractivity contribution is -0.139. The summed E-state index contributed by atoms with van der Waals surface area (Å²) < 4.78 is 0. The van der Waals surface area contributed by atoms with Gasteiger partial charge in [0, 0.05) is 27.0 Å². The van der Waals surface area contributed by atoms with Crippen LogP contribution in [0.25, 0.3) is 0 Å². The molecular formula is C17H34BN2O. The minimum absolute atomic E-state index is 0. The molecule has 0 aromatic carbocycles. The molecule has 1 aliphatic carbocycles. The zero-order valence-electron chi connectivity index (χ0n) is 14.8. The molecule has 1 unspecified atom stereocenters. The molecule has 0 aromatic rings. The Kier molecular flexibility index (Phi) is 10.0. The summed E-state index contributed by atoms with van der Waals surface area (Å²) in [4.78, 5) is 16.6. The van der Waals surface area contributed by atoms with Gasteiger partial charge in [0.05, 0.1) is 6.54 Å². The molecule has 3 radical (unpaired) electrons. The first kappa shape index (κ1) is 20.5. The van der Waals surface area contributed by atoms with Crippen molar-refractivity contribution in [2.24, 2.45) is 5.92 Å². The van der Waals surface area contributed by atoms with Gasteiger partial charge < -0.3 is 4.90 Å². The van der Waals surface area contributed by atoms with E-state index in [1.54, 1.807) is 0 Å². The Balaban J connectivity index is 0.000000741. The summed E-state index contributed by atoms with van der Waals surface area (Å²) in [5, 5.41) is 0. The molecule has 3 aliphatic rings. The summed E-state index contributed by atoms with van der Waals surface area (Å²) in [6, 6.07) is 1.12. The quantitative estimate of drug-likeness (QED) is 0.641. The van der Waals surface area contributed by atoms with Crippen LogP contribution in [-0.2, 0) is 4.79 Å². The molecule has 3 fully saturated rings. The number of piperazine rings is 1. The van der Waals surface area contributed by atoms with Crippen molar-refractivity contribution in [1.29, 1.82) is 0 Å². The Hall–Kier alpha value is -0.505. The maximum atomic E-state index is 12.1. The van der Waals surface area contributed by atoms with Gasteiger partial charge in [-0.2, -0.15) is 0 Å².